The molecule has 0 bridgehead atoms. The first-order valence-electron chi connectivity index (χ1n) is 7.99. The minimum absolute atomic E-state index is 0.0430. The molecule has 0 amide bonds. The second-order valence-corrected chi connectivity index (χ2v) is 7.27. The largest absolute Gasteiger partial charge is 0.368 e. The maximum atomic E-state index is 6.37. The van der Waals surface area contributed by atoms with Crippen molar-refractivity contribution in [2.75, 3.05) is 19.6 Å². The van der Waals surface area contributed by atoms with E-state index in [1.807, 2.05) is 0 Å². The highest BCUT2D eigenvalue weighted by atomic mass is 16.5. The summed E-state index contributed by atoms with van der Waals surface area (Å²) in [7, 11) is 0. The monoisotopic (exact) mass is 268 g/mol. The molecule has 1 saturated carbocycles. The van der Waals surface area contributed by atoms with Crippen molar-refractivity contribution < 1.29 is 4.74 Å². The van der Waals surface area contributed by atoms with E-state index in [4.69, 9.17) is 4.74 Å². The van der Waals surface area contributed by atoms with Crippen LogP contribution in [0.1, 0.15) is 54.4 Å². The van der Waals surface area contributed by atoms with Gasteiger partial charge in [0.25, 0.3) is 0 Å². The summed E-state index contributed by atoms with van der Waals surface area (Å²) in [5.74, 6) is 0.558. The van der Waals surface area contributed by atoms with Gasteiger partial charge in [0.1, 0.15) is 0 Å². The van der Waals surface area contributed by atoms with Crippen molar-refractivity contribution in [1.82, 2.24) is 10.2 Å². The van der Waals surface area contributed by atoms with Crippen LogP contribution in [0.25, 0.3) is 0 Å². The number of likely N-dealkylation sites (N-methyl/N-ethyl adjacent to an activating group) is 1. The van der Waals surface area contributed by atoms with E-state index < -0.39 is 0 Å². The number of nitrogens with one attached hydrogen (secondary N) is 1. The highest BCUT2D eigenvalue weighted by Gasteiger charge is 2.54. The molecule has 0 aromatic carbocycles. The Morgan fingerprint density at radius 1 is 1.11 bits per heavy atom. The summed E-state index contributed by atoms with van der Waals surface area (Å²) in [4.78, 5) is 2.65. The maximum absolute atomic E-state index is 6.37. The van der Waals surface area contributed by atoms with E-state index in [0.29, 0.717) is 12.0 Å². The highest BCUT2D eigenvalue weighted by molar-refractivity contribution is 5.06. The molecule has 1 aliphatic heterocycles. The number of hydrogen-bond acceptors (Lipinski definition) is 3. The second-order valence-electron chi connectivity index (χ2n) is 7.27. The molecule has 1 heterocycles. The zero-order valence-corrected chi connectivity index (χ0v) is 13.6. The third-order valence-corrected chi connectivity index (χ3v) is 4.90. The minimum Gasteiger partial charge on any atom is -0.368 e. The van der Waals surface area contributed by atoms with Crippen LogP contribution >= 0.6 is 0 Å². The predicted molar refractivity (Wildman–Crippen MR) is 80.5 cm³/mol. The van der Waals surface area contributed by atoms with Gasteiger partial charge < -0.3 is 15.0 Å². The van der Waals surface area contributed by atoms with Crippen LogP contribution in [0.2, 0.25) is 0 Å². The van der Waals surface area contributed by atoms with Gasteiger partial charge in [-0.25, -0.2) is 0 Å². The van der Waals surface area contributed by atoms with Crippen molar-refractivity contribution in [1.29, 1.82) is 0 Å². The number of rotatable bonds is 6. The Hall–Kier alpha value is -0.120. The fourth-order valence-electron chi connectivity index (χ4n) is 3.86. The molecule has 2 atom stereocenters. The lowest BCUT2D eigenvalue weighted by molar-refractivity contribution is -0.0796. The molecular weight excluding hydrogens is 236 g/mol. The molecule has 3 nitrogen and oxygen atoms in total. The standard InChI is InChI=1S/C16H32N2O/c1-7-17-14-13(11-18(8-2)12-9-10-12)15(3,4)19-16(14,5)6/h12-14,17H,7-11H2,1-6H3. The molecule has 2 aliphatic rings. The van der Waals surface area contributed by atoms with Crippen LogP contribution in [0.5, 0.6) is 0 Å². The molecule has 1 N–H and O–H groups in total. The molecule has 3 heteroatoms. The summed E-state index contributed by atoms with van der Waals surface area (Å²) < 4.78 is 6.37. The number of ether oxygens (including phenoxy) is 1. The van der Waals surface area contributed by atoms with Crippen LogP contribution in [-0.2, 0) is 4.74 Å². The summed E-state index contributed by atoms with van der Waals surface area (Å²) in [6.45, 7) is 16.8. The maximum Gasteiger partial charge on any atom is 0.0790 e. The summed E-state index contributed by atoms with van der Waals surface area (Å²) >= 11 is 0. The average molecular weight is 268 g/mol. The summed E-state index contributed by atoms with van der Waals surface area (Å²) in [6.07, 6.45) is 2.77. The third kappa shape index (κ3) is 3.14. The zero-order valence-electron chi connectivity index (χ0n) is 13.6. The molecule has 2 unspecified atom stereocenters. The minimum atomic E-state index is -0.0763. The van der Waals surface area contributed by atoms with Gasteiger partial charge >= 0.3 is 0 Å². The topological polar surface area (TPSA) is 24.5 Å². The fourth-order valence-corrected chi connectivity index (χ4v) is 3.86. The van der Waals surface area contributed by atoms with Gasteiger partial charge in [-0.1, -0.05) is 13.8 Å². The van der Waals surface area contributed by atoms with Crippen LogP contribution in [0, 0.1) is 5.92 Å². The second kappa shape index (κ2) is 5.34. The first kappa shape index (κ1) is 15.3. The van der Waals surface area contributed by atoms with Gasteiger partial charge in [0.15, 0.2) is 0 Å². The van der Waals surface area contributed by atoms with Crippen LogP contribution in [0.15, 0.2) is 0 Å². The zero-order chi connectivity index (χ0) is 14.3. The molecule has 0 spiro atoms. The normalized spacial score (nSPS) is 33.0. The first-order chi connectivity index (χ1) is 8.81. The van der Waals surface area contributed by atoms with Crippen LogP contribution < -0.4 is 5.32 Å². The molecule has 2 rings (SSSR count). The van der Waals surface area contributed by atoms with E-state index in [1.165, 1.54) is 12.8 Å². The molecule has 112 valence electrons. The Morgan fingerprint density at radius 3 is 2.21 bits per heavy atom. The molecule has 1 saturated heterocycles. The molecule has 2 fully saturated rings. The molecule has 0 aromatic heterocycles. The smallest absolute Gasteiger partial charge is 0.0790 e. The van der Waals surface area contributed by atoms with Gasteiger partial charge in [0.2, 0.25) is 0 Å². The van der Waals surface area contributed by atoms with Crippen LogP contribution in [0.4, 0.5) is 0 Å². The Bertz CT molecular complexity index is 310. The molecule has 19 heavy (non-hydrogen) atoms. The van der Waals surface area contributed by atoms with E-state index in [-0.39, 0.29) is 11.2 Å². The lowest BCUT2D eigenvalue weighted by atomic mass is 9.82. The van der Waals surface area contributed by atoms with E-state index in [9.17, 15) is 0 Å². The van der Waals surface area contributed by atoms with Gasteiger partial charge in [-0.2, -0.15) is 0 Å². The summed E-state index contributed by atoms with van der Waals surface area (Å²) in [6, 6.07) is 1.28. The lowest BCUT2D eigenvalue weighted by Gasteiger charge is -2.34. The first-order valence-corrected chi connectivity index (χ1v) is 7.99. The molecule has 0 radical (unpaired) electrons. The summed E-state index contributed by atoms with van der Waals surface area (Å²) in [5, 5.41) is 3.68. The average Bonchev–Trinajstić information content (AvgIpc) is 3.07. The van der Waals surface area contributed by atoms with Crippen molar-refractivity contribution in [3.05, 3.63) is 0 Å². The predicted octanol–water partition coefficient (Wildman–Crippen LogP) is 2.65. The van der Waals surface area contributed by atoms with Gasteiger partial charge in [-0.3, -0.25) is 0 Å². The van der Waals surface area contributed by atoms with Gasteiger partial charge in [-0.05, 0) is 53.6 Å². The summed E-state index contributed by atoms with van der Waals surface area (Å²) in [5.41, 5.74) is -0.119. The Balaban J connectivity index is 2.13. The fraction of sp³-hybridized carbons (Fsp3) is 1.00. The van der Waals surface area contributed by atoms with Crippen LogP contribution in [-0.4, -0.2) is 47.8 Å². The third-order valence-electron chi connectivity index (χ3n) is 4.90. The van der Waals surface area contributed by atoms with Gasteiger partial charge in [-0.15, -0.1) is 0 Å². The van der Waals surface area contributed by atoms with Crippen molar-refractivity contribution in [2.24, 2.45) is 5.92 Å². The van der Waals surface area contributed by atoms with E-state index in [0.717, 1.165) is 25.7 Å². The molecule has 0 aromatic rings. The van der Waals surface area contributed by atoms with Crippen molar-refractivity contribution in [2.45, 2.75) is 77.7 Å². The molecular formula is C16H32N2O. The number of nitrogens with zero attached hydrogens (tertiary/aromatic N) is 1. The van der Waals surface area contributed by atoms with Gasteiger partial charge in [0, 0.05) is 24.5 Å². The van der Waals surface area contributed by atoms with E-state index in [2.05, 4.69) is 51.8 Å². The van der Waals surface area contributed by atoms with Gasteiger partial charge in [0.05, 0.1) is 11.2 Å². The molecule has 1 aliphatic carbocycles. The SMILES string of the molecule is CCNC1C(CN(CC)C2CC2)C(C)(C)OC1(C)C. The Morgan fingerprint density at radius 2 is 1.74 bits per heavy atom. The highest BCUT2D eigenvalue weighted by Crippen LogP contribution is 2.43. The van der Waals surface area contributed by atoms with E-state index in [1.54, 1.807) is 0 Å². The number of hydrogen-bond donors (Lipinski definition) is 1. The van der Waals surface area contributed by atoms with Crippen LogP contribution in [0.3, 0.4) is 0 Å². The van der Waals surface area contributed by atoms with Crippen molar-refractivity contribution >= 4 is 0 Å². The lowest BCUT2D eigenvalue weighted by Crippen LogP contribution is -2.51. The van der Waals surface area contributed by atoms with Crippen molar-refractivity contribution in [3.8, 4) is 0 Å². The van der Waals surface area contributed by atoms with E-state index >= 15 is 0 Å². The Kier molecular flexibility index (Phi) is 4.29. The van der Waals surface area contributed by atoms with Crippen molar-refractivity contribution in [3.63, 3.8) is 0 Å². The Labute approximate surface area is 119 Å². The quantitative estimate of drug-likeness (QED) is 0.801.